The van der Waals surface area contributed by atoms with Gasteiger partial charge in [0.25, 0.3) is 0 Å². The Hall–Kier alpha value is -1.66. The predicted octanol–water partition coefficient (Wildman–Crippen LogP) is 1.99. The molecule has 0 aliphatic rings. The SMILES string of the molecule is C#CCCCOc1ccc(CCN)cc1OC. The number of hydrogen-bond donors (Lipinski definition) is 1. The Bertz CT molecular complexity index is 382. The van der Waals surface area contributed by atoms with Gasteiger partial charge in [-0.25, -0.2) is 0 Å². The molecule has 0 saturated heterocycles. The second-order valence-corrected chi connectivity index (χ2v) is 3.68. The van der Waals surface area contributed by atoms with Crippen molar-refractivity contribution in [3.63, 3.8) is 0 Å². The quantitative estimate of drug-likeness (QED) is 0.578. The van der Waals surface area contributed by atoms with Crippen LogP contribution in [0.25, 0.3) is 0 Å². The van der Waals surface area contributed by atoms with Crippen LogP contribution >= 0.6 is 0 Å². The number of unbranched alkanes of at least 4 members (excludes halogenated alkanes) is 1. The molecule has 0 aromatic heterocycles. The van der Waals surface area contributed by atoms with E-state index in [0.717, 1.165) is 36.3 Å². The summed E-state index contributed by atoms with van der Waals surface area (Å²) in [5.74, 6) is 4.09. The first-order valence-corrected chi connectivity index (χ1v) is 5.75. The molecular formula is C14H19NO2. The Kier molecular flexibility index (Phi) is 5.98. The van der Waals surface area contributed by atoms with Crippen LogP contribution in [0, 0.1) is 12.3 Å². The molecule has 0 atom stereocenters. The van der Waals surface area contributed by atoms with Crippen molar-refractivity contribution in [2.75, 3.05) is 20.3 Å². The van der Waals surface area contributed by atoms with Crippen LogP contribution in [-0.2, 0) is 6.42 Å². The normalized spacial score (nSPS) is 9.71. The molecule has 1 aromatic rings. The lowest BCUT2D eigenvalue weighted by Gasteiger charge is -2.11. The van der Waals surface area contributed by atoms with E-state index < -0.39 is 0 Å². The topological polar surface area (TPSA) is 44.5 Å². The van der Waals surface area contributed by atoms with Crippen LogP contribution in [0.5, 0.6) is 11.5 Å². The lowest BCUT2D eigenvalue weighted by atomic mass is 10.1. The highest BCUT2D eigenvalue weighted by molar-refractivity contribution is 5.43. The average molecular weight is 233 g/mol. The fourth-order valence-electron chi connectivity index (χ4n) is 1.51. The van der Waals surface area contributed by atoms with Crippen molar-refractivity contribution in [1.29, 1.82) is 0 Å². The summed E-state index contributed by atoms with van der Waals surface area (Å²) in [4.78, 5) is 0. The van der Waals surface area contributed by atoms with E-state index in [1.807, 2.05) is 18.2 Å². The highest BCUT2D eigenvalue weighted by atomic mass is 16.5. The number of rotatable bonds is 7. The molecule has 0 fully saturated rings. The van der Waals surface area contributed by atoms with Crippen molar-refractivity contribution in [1.82, 2.24) is 0 Å². The van der Waals surface area contributed by atoms with Gasteiger partial charge in [0.2, 0.25) is 0 Å². The van der Waals surface area contributed by atoms with Crippen molar-refractivity contribution >= 4 is 0 Å². The Labute approximate surface area is 103 Å². The fraction of sp³-hybridized carbons (Fsp3) is 0.429. The predicted molar refractivity (Wildman–Crippen MR) is 69.3 cm³/mol. The van der Waals surface area contributed by atoms with E-state index in [-0.39, 0.29) is 0 Å². The Morgan fingerprint density at radius 3 is 2.82 bits per heavy atom. The van der Waals surface area contributed by atoms with Gasteiger partial charge >= 0.3 is 0 Å². The van der Waals surface area contributed by atoms with E-state index in [2.05, 4.69) is 5.92 Å². The van der Waals surface area contributed by atoms with E-state index in [0.29, 0.717) is 13.2 Å². The maximum absolute atomic E-state index is 5.61. The molecule has 17 heavy (non-hydrogen) atoms. The van der Waals surface area contributed by atoms with E-state index in [1.165, 1.54) is 0 Å². The summed E-state index contributed by atoms with van der Waals surface area (Å²) >= 11 is 0. The molecule has 0 bridgehead atoms. The van der Waals surface area contributed by atoms with Crippen molar-refractivity contribution < 1.29 is 9.47 Å². The number of ether oxygens (including phenoxy) is 2. The standard InChI is InChI=1S/C14H19NO2/c1-3-4-5-10-17-13-7-6-12(8-9-15)11-14(13)16-2/h1,6-7,11H,4-5,8-10,15H2,2H3. The Balaban J connectivity index is 2.62. The molecule has 3 nitrogen and oxygen atoms in total. The summed E-state index contributed by atoms with van der Waals surface area (Å²) in [6.45, 7) is 1.24. The molecule has 0 aliphatic carbocycles. The Morgan fingerprint density at radius 1 is 1.35 bits per heavy atom. The molecule has 2 N–H and O–H groups in total. The van der Waals surface area contributed by atoms with Gasteiger partial charge in [-0.2, -0.15) is 0 Å². The van der Waals surface area contributed by atoms with Gasteiger partial charge in [-0.15, -0.1) is 12.3 Å². The first-order valence-electron chi connectivity index (χ1n) is 5.75. The van der Waals surface area contributed by atoms with Gasteiger partial charge < -0.3 is 15.2 Å². The lowest BCUT2D eigenvalue weighted by Crippen LogP contribution is -2.04. The molecule has 92 valence electrons. The van der Waals surface area contributed by atoms with Crippen LogP contribution in [0.1, 0.15) is 18.4 Å². The Morgan fingerprint density at radius 2 is 2.18 bits per heavy atom. The van der Waals surface area contributed by atoms with E-state index in [4.69, 9.17) is 21.6 Å². The molecule has 0 amide bonds. The van der Waals surface area contributed by atoms with Gasteiger partial charge in [-0.05, 0) is 37.1 Å². The first-order chi connectivity index (χ1) is 8.31. The zero-order chi connectivity index (χ0) is 12.5. The third-order valence-electron chi connectivity index (χ3n) is 2.38. The molecule has 3 heteroatoms. The molecule has 0 heterocycles. The minimum Gasteiger partial charge on any atom is -0.493 e. The van der Waals surface area contributed by atoms with Gasteiger partial charge in [0, 0.05) is 6.42 Å². The summed E-state index contributed by atoms with van der Waals surface area (Å²) in [5, 5.41) is 0. The second-order valence-electron chi connectivity index (χ2n) is 3.68. The van der Waals surface area contributed by atoms with Gasteiger partial charge in [0.1, 0.15) is 0 Å². The molecular weight excluding hydrogens is 214 g/mol. The van der Waals surface area contributed by atoms with Gasteiger partial charge in [0.15, 0.2) is 11.5 Å². The maximum Gasteiger partial charge on any atom is 0.161 e. The van der Waals surface area contributed by atoms with Crippen LogP contribution in [-0.4, -0.2) is 20.3 Å². The summed E-state index contributed by atoms with van der Waals surface area (Å²) in [6, 6.07) is 5.88. The molecule has 0 radical (unpaired) electrons. The average Bonchev–Trinajstić information content (AvgIpc) is 2.36. The molecule has 0 spiro atoms. The zero-order valence-electron chi connectivity index (χ0n) is 10.2. The lowest BCUT2D eigenvalue weighted by molar-refractivity contribution is 0.291. The van der Waals surface area contributed by atoms with E-state index in [1.54, 1.807) is 7.11 Å². The summed E-state index contributed by atoms with van der Waals surface area (Å²) in [5.41, 5.74) is 6.67. The highest BCUT2D eigenvalue weighted by Crippen LogP contribution is 2.28. The van der Waals surface area contributed by atoms with Gasteiger partial charge in [-0.1, -0.05) is 6.07 Å². The fourth-order valence-corrected chi connectivity index (χ4v) is 1.51. The maximum atomic E-state index is 5.61. The molecule has 0 aliphatic heterocycles. The van der Waals surface area contributed by atoms with Gasteiger partial charge in [-0.3, -0.25) is 0 Å². The summed E-state index contributed by atoms with van der Waals surface area (Å²) in [6.07, 6.45) is 7.60. The van der Waals surface area contributed by atoms with Crippen molar-refractivity contribution in [3.05, 3.63) is 23.8 Å². The van der Waals surface area contributed by atoms with Crippen LogP contribution in [0.4, 0.5) is 0 Å². The van der Waals surface area contributed by atoms with Crippen LogP contribution in [0.3, 0.4) is 0 Å². The third-order valence-corrected chi connectivity index (χ3v) is 2.38. The molecule has 1 aromatic carbocycles. The van der Waals surface area contributed by atoms with Crippen molar-refractivity contribution in [2.45, 2.75) is 19.3 Å². The van der Waals surface area contributed by atoms with E-state index >= 15 is 0 Å². The minimum atomic E-state index is 0.608. The molecule has 0 saturated carbocycles. The molecule has 1 rings (SSSR count). The van der Waals surface area contributed by atoms with Crippen molar-refractivity contribution in [2.24, 2.45) is 5.73 Å². The zero-order valence-corrected chi connectivity index (χ0v) is 10.2. The number of benzene rings is 1. The smallest absolute Gasteiger partial charge is 0.161 e. The molecule has 0 unspecified atom stereocenters. The number of terminal acetylenes is 1. The monoisotopic (exact) mass is 233 g/mol. The minimum absolute atomic E-state index is 0.608. The highest BCUT2D eigenvalue weighted by Gasteiger charge is 2.05. The van der Waals surface area contributed by atoms with E-state index in [9.17, 15) is 0 Å². The van der Waals surface area contributed by atoms with Gasteiger partial charge in [0.05, 0.1) is 13.7 Å². The number of methoxy groups -OCH3 is 1. The number of hydrogen-bond acceptors (Lipinski definition) is 3. The van der Waals surface area contributed by atoms with Crippen molar-refractivity contribution in [3.8, 4) is 23.8 Å². The van der Waals surface area contributed by atoms with Crippen LogP contribution in [0.15, 0.2) is 18.2 Å². The third kappa shape index (κ3) is 4.38. The second kappa shape index (κ2) is 7.59. The summed E-state index contributed by atoms with van der Waals surface area (Å²) in [7, 11) is 1.63. The summed E-state index contributed by atoms with van der Waals surface area (Å²) < 4.78 is 10.9. The number of nitrogens with two attached hydrogens (primary N) is 1. The first kappa shape index (κ1) is 13.4. The van der Waals surface area contributed by atoms with Crippen LogP contribution in [0.2, 0.25) is 0 Å². The van der Waals surface area contributed by atoms with Crippen LogP contribution < -0.4 is 15.2 Å². The largest absolute Gasteiger partial charge is 0.493 e.